The van der Waals surface area contributed by atoms with Crippen LogP contribution in [0, 0.1) is 0 Å². The maximum Gasteiger partial charge on any atom is 0.304 e. The molecular formula is C15H24ClN3O2S2. The van der Waals surface area contributed by atoms with Gasteiger partial charge in [-0.05, 0) is 30.4 Å². The zero-order valence-corrected chi connectivity index (χ0v) is 15.8. The van der Waals surface area contributed by atoms with Gasteiger partial charge in [0, 0.05) is 26.8 Å². The molecule has 2 rings (SSSR count). The molecule has 0 radical (unpaired) electrons. The number of halogens is 1. The van der Waals surface area contributed by atoms with E-state index in [4.69, 9.17) is 0 Å². The molecule has 1 aliphatic rings. The number of thioether (sulfide) groups is 1. The largest absolute Gasteiger partial charge is 0.314 e. The molecule has 0 aliphatic carbocycles. The smallest absolute Gasteiger partial charge is 0.304 e. The number of benzene rings is 1. The van der Waals surface area contributed by atoms with E-state index in [-0.39, 0.29) is 17.8 Å². The highest BCUT2D eigenvalue weighted by Gasteiger charge is 2.31. The van der Waals surface area contributed by atoms with Crippen LogP contribution in [0.2, 0.25) is 0 Å². The van der Waals surface area contributed by atoms with Gasteiger partial charge in [-0.1, -0.05) is 30.3 Å². The summed E-state index contributed by atoms with van der Waals surface area (Å²) in [6.45, 7) is 1.52. The predicted octanol–water partition coefficient (Wildman–Crippen LogP) is 2.28. The van der Waals surface area contributed by atoms with E-state index in [1.54, 1.807) is 20.3 Å². The molecule has 1 heterocycles. The van der Waals surface area contributed by atoms with Gasteiger partial charge in [-0.25, -0.2) is 4.31 Å². The quantitative estimate of drug-likeness (QED) is 0.706. The first-order valence-electron chi connectivity index (χ1n) is 7.29. The molecule has 1 aromatic rings. The molecule has 8 heteroatoms. The summed E-state index contributed by atoms with van der Waals surface area (Å²) in [5.74, 6) is 0. The maximum atomic E-state index is 12.2. The Balaban J connectivity index is 0.00000264. The number of hydrogen-bond donors (Lipinski definition) is 1. The predicted molar refractivity (Wildman–Crippen MR) is 99.8 cm³/mol. The molecule has 1 aromatic carbocycles. The van der Waals surface area contributed by atoms with Crippen LogP contribution in [0.4, 0.5) is 0 Å². The Morgan fingerprint density at radius 2 is 1.96 bits per heavy atom. The van der Waals surface area contributed by atoms with E-state index >= 15 is 0 Å². The topological polar surface area (TPSA) is 52.7 Å². The molecule has 1 atom stereocenters. The van der Waals surface area contributed by atoms with Crippen molar-refractivity contribution in [1.29, 1.82) is 0 Å². The highest BCUT2D eigenvalue weighted by atomic mass is 35.5. The molecule has 0 fully saturated rings. The standard InChI is InChI=1S/C15H23N3O2S2.ClH/c1-17(2)22(19,20)18-11-12-21-15(18)13-16-10-6-9-14-7-4-3-5-8-14;/h3-5,7-8,11-12,15-16H,6,9-10,13H2,1-2H3;1H. The summed E-state index contributed by atoms with van der Waals surface area (Å²) in [5, 5.41) is 5.08. The molecule has 1 aliphatic heterocycles. The molecule has 5 nitrogen and oxygen atoms in total. The normalized spacial score (nSPS) is 17.5. The first-order chi connectivity index (χ1) is 10.5. The Hall–Kier alpha value is -0.730. The molecule has 0 aromatic heterocycles. The van der Waals surface area contributed by atoms with Crippen LogP contribution in [-0.4, -0.2) is 49.6 Å². The minimum absolute atomic E-state index is 0. The van der Waals surface area contributed by atoms with E-state index in [9.17, 15) is 8.42 Å². The average Bonchev–Trinajstić information content (AvgIpc) is 2.97. The van der Waals surface area contributed by atoms with Crippen molar-refractivity contribution >= 4 is 34.4 Å². The Morgan fingerprint density at radius 3 is 2.61 bits per heavy atom. The van der Waals surface area contributed by atoms with E-state index in [0.29, 0.717) is 6.54 Å². The van der Waals surface area contributed by atoms with Gasteiger partial charge in [0.25, 0.3) is 0 Å². The fourth-order valence-electron chi connectivity index (χ4n) is 2.18. The third-order valence-corrected chi connectivity index (χ3v) is 6.39. The second-order valence-corrected chi connectivity index (χ2v) is 8.43. The first kappa shape index (κ1) is 20.3. The molecule has 23 heavy (non-hydrogen) atoms. The summed E-state index contributed by atoms with van der Waals surface area (Å²) >= 11 is 1.53. The Bertz CT molecular complexity index is 594. The summed E-state index contributed by atoms with van der Waals surface area (Å²) in [4.78, 5) is 0. The first-order valence-corrected chi connectivity index (χ1v) is 9.63. The van der Waals surface area contributed by atoms with Crippen LogP contribution in [-0.2, 0) is 16.6 Å². The van der Waals surface area contributed by atoms with Crippen LogP contribution < -0.4 is 5.32 Å². The van der Waals surface area contributed by atoms with Crippen LogP contribution >= 0.6 is 24.2 Å². The summed E-state index contributed by atoms with van der Waals surface area (Å²) in [5.41, 5.74) is 1.33. The van der Waals surface area contributed by atoms with E-state index in [2.05, 4.69) is 17.4 Å². The zero-order valence-electron chi connectivity index (χ0n) is 13.4. The number of rotatable bonds is 8. The Morgan fingerprint density at radius 1 is 1.26 bits per heavy atom. The van der Waals surface area contributed by atoms with Crippen molar-refractivity contribution in [3.05, 3.63) is 47.5 Å². The number of nitrogens with one attached hydrogen (secondary N) is 1. The van der Waals surface area contributed by atoms with Gasteiger partial charge in [-0.15, -0.1) is 24.2 Å². The summed E-state index contributed by atoms with van der Waals surface area (Å²) in [7, 11) is -0.288. The lowest BCUT2D eigenvalue weighted by molar-refractivity contribution is 0.420. The van der Waals surface area contributed by atoms with Gasteiger partial charge < -0.3 is 5.32 Å². The fourth-order valence-corrected chi connectivity index (χ4v) is 4.48. The van der Waals surface area contributed by atoms with E-state index in [1.807, 2.05) is 23.6 Å². The molecule has 0 spiro atoms. The van der Waals surface area contributed by atoms with E-state index < -0.39 is 10.2 Å². The molecular weight excluding hydrogens is 354 g/mol. The lowest BCUT2D eigenvalue weighted by Gasteiger charge is -2.27. The van der Waals surface area contributed by atoms with Gasteiger partial charge >= 0.3 is 10.2 Å². The van der Waals surface area contributed by atoms with Gasteiger partial charge in [0.2, 0.25) is 0 Å². The molecule has 0 saturated carbocycles. The van der Waals surface area contributed by atoms with Gasteiger partial charge in [-0.3, -0.25) is 0 Å². The monoisotopic (exact) mass is 377 g/mol. The van der Waals surface area contributed by atoms with E-state index in [0.717, 1.165) is 19.4 Å². The Labute approximate surface area is 149 Å². The maximum absolute atomic E-state index is 12.2. The van der Waals surface area contributed by atoms with Gasteiger partial charge in [-0.2, -0.15) is 12.7 Å². The highest BCUT2D eigenvalue weighted by Crippen LogP contribution is 2.28. The minimum atomic E-state index is -3.39. The van der Waals surface area contributed by atoms with Crippen molar-refractivity contribution in [3.63, 3.8) is 0 Å². The van der Waals surface area contributed by atoms with Crippen molar-refractivity contribution in [2.24, 2.45) is 0 Å². The third kappa shape index (κ3) is 5.69. The third-order valence-electron chi connectivity index (χ3n) is 3.44. The average molecular weight is 378 g/mol. The van der Waals surface area contributed by atoms with Crippen molar-refractivity contribution in [3.8, 4) is 0 Å². The van der Waals surface area contributed by atoms with Crippen LogP contribution in [0.1, 0.15) is 12.0 Å². The zero-order chi connectivity index (χ0) is 16.0. The van der Waals surface area contributed by atoms with Crippen LogP contribution in [0.5, 0.6) is 0 Å². The Kier molecular flexibility index (Phi) is 8.42. The molecule has 1 N–H and O–H groups in total. The minimum Gasteiger partial charge on any atom is -0.314 e. The molecule has 0 amide bonds. The van der Waals surface area contributed by atoms with Gasteiger partial charge in [0.05, 0.1) is 0 Å². The number of aryl methyl sites for hydroxylation is 1. The fraction of sp³-hybridized carbons (Fsp3) is 0.467. The second kappa shape index (κ2) is 9.54. The highest BCUT2D eigenvalue weighted by molar-refractivity contribution is 8.03. The van der Waals surface area contributed by atoms with Crippen LogP contribution in [0.15, 0.2) is 41.9 Å². The van der Waals surface area contributed by atoms with Crippen molar-refractivity contribution in [1.82, 2.24) is 13.9 Å². The van der Waals surface area contributed by atoms with E-state index in [1.165, 1.54) is 25.9 Å². The van der Waals surface area contributed by atoms with Crippen molar-refractivity contribution in [2.45, 2.75) is 18.2 Å². The molecule has 0 saturated heterocycles. The number of hydrogen-bond acceptors (Lipinski definition) is 4. The van der Waals surface area contributed by atoms with Crippen LogP contribution in [0.25, 0.3) is 0 Å². The van der Waals surface area contributed by atoms with Crippen LogP contribution in [0.3, 0.4) is 0 Å². The van der Waals surface area contributed by atoms with Crippen molar-refractivity contribution < 1.29 is 8.42 Å². The SMILES string of the molecule is CN(C)S(=O)(=O)N1C=CSC1CNCCCc1ccccc1.Cl. The lowest BCUT2D eigenvalue weighted by atomic mass is 10.1. The molecule has 130 valence electrons. The van der Waals surface area contributed by atoms with Gasteiger partial charge in [0.15, 0.2) is 0 Å². The summed E-state index contributed by atoms with van der Waals surface area (Å²) < 4.78 is 27.0. The van der Waals surface area contributed by atoms with Crippen molar-refractivity contribution in [2.75, 3.05) is 27.2 Å². The molecule has 0 bridgehead atoms. The van der Waals surface area contributed by atoms with Gasteiger partial charge in [0.1, 0.15) is 5.37 Å². The number of nitrogens with zero attached hydrogens (tertiary/aromatic N) is 2. The summed E-state index contributed by atoms with van der Waals surface area (Å²) in [6.07, 6.45) is 3.70. The lowest BCUT2D eigenvalue weighted by Crippen LogP contribution is -2.43. The summed E-state index contributed by atoms with van der Waals surface area (Å²) in [6, 6.07) is 10.4. The molecule has 1 unspecified atom stereocenters. The second-order valence-electron chi connectivity index (χ2n) is 5.29.